The number of carbonyl (C=O) groups excluding carboxylic acids is 1. The lowest BCUT2D eigenvalue weighted by atomic mass is 10.1. The topological polar surface area (TPSA) is 73.4 Å². The number of nitrogens with one attached hydrogen (secondary N) is 1. The fourth-order valence-electron chi connectivity index (χ4n) is 1.78. The molecule has 2 rings (SSSR count). The quantitative estimate of drug-likeness (QED) is 0.745. The Morgan fingerprint density at radius 2 is 2.33 bits per heavy atom. The Kier molecular flexibility index (Phi) is 2.45. The van der Waals surface area contributed by atoms with E-state index >= 15 is 0 Å². The minimum Gasteiger partial charge on any atom is -0.481 e. The molecule has 1 aromatic heterocycles. The summed E-state index contributed by atoms with van der Waals surface area (Å²) in [7, 11) is 0. The smallest absolute Gasteiger partial charge is 0.308 e. The van der Waals surface area contributed by atoms with Gasteiger partial charge in [0.25, 0.3) is 5.91 Å². The average molecular weight is 208 g/mol. The van der Waals surface area contributed by atoms with Crippen LogP contribution in [0.3, 0.4) is 0 Å². The molecule has 5 heteroatoms. The molecule has 0 radical (unpaired) electrons. The standard InChI is InChI=1S/C10H12N2O3/c13-9(8-2-1-4-11-8)12-5-3-7(6-12)10(14)15/h1-2,4,7,11H,3,5-6H2,(H,14,15). The lowest BCUT2D eigenvalue weighted by molar-refractivity contribution is -0.141. The van der Waals surface area contributed by atoms with Crippen LogP contribution < -0.4 is 0 Å². The fourth-order valence-corrected chi connectivity index (χ4v) is 1.78. The van der Waals surface area contributed by atoms with Crippen LogP contribution >= 0.6 is 0 Å². The molecule has 0 aromatic carbocycles. The monoisotopic (exact) mass is 208 g/mol. The minimum atomic E-state index is -0.822. The first-order valence-electron chi connectivity index (χ1n) is 4.84. The third-order valence-electron chi connectivity index (χ3n) is 2.65. The van der Waals surface area contributed by atoms with Gasteiger partial charge in [-0.05, 0) is 18.6 Å². The minimum absolute atomic E-state index is 0.122. The molecule has 5 nitrogen and oxygen atoms in total. The van der Waals surface area contributed by atoms with Crippen LogP contribution in [-0.4, -0.2) is 40.0 Å². The zero-order valence-corrected chi connectivity index (χ0v) is 8.14. The van der Waals surface area contributed by atoms with E-state index in [0.717, 1.165) is 0 Å². The van der Waals surface area contributed by atoms with Gasteiger partial charge in [0.1, 0.15) is 5.69 Å². The predicted molar refractivity (Wildman–Crippen MR) is 52.4 cm³/mol. The van der Waals surface area contributed by atoms with Crippen LogP contribution in [0, 0.1) is 5.92 Å². The van der Waals surface area contributed by atoms with Crippen LogP contribution in [0.25, 0.3) is 0 Å². The molecule has 0 bridgehead atoms. The Hall–Kier alpha value is -1.78. The maximum Gasteiger partial charge on any atom is 0.308 e. The van der Waals surface area contributed by atoms with Crippen LogP contribution in [0.15, 0.2) is 18.3 Å². The lowest BCUT2D eigenvalue weighted by Gasteiger charge is -2.14. The van der Waals surface area contributed by atoms with Crippen LogP contribution in [0.2, 0.25) is 0 Å². The number of H-pyrrole nitrogens is 1. The van der Waals surface area contributed by atoms with Crippen molar-refractivity contribution in [2.45, 2.75) is 6.42 Å². The predicted octanol–water partition coefficient (Wildman–Crippen LogP) is 0.561. The maximum absolute atomic E-state index is 11.8. The molecule has 1 amide bonds. The molecule has 1 saturated heterocycles. The van der Waals surface area contributed by atoms with Gasteiger partial charge in [0.2, 0.25) is 0 Å². The number of hydrogen-bond acceptors (Lipinski definition) is 2. The maximum atomic E-state index is 11.8. The molecular weight excluding hydrogens is 196 g/mol. The number of aliphatic carboxylic acids is 1. The highest BCUT2D eigenvalue weighted by Gasteiger charge is 2.31. The molecule has 15 heavy (non-hydrogen) atoms. The number of carbonyl (C=O) groups is 2. The second-order valence-corrected chi connectivity index (χ2v) is 3.66. The number of likely N-dealkylation sites (tertiary alicyclic amines) is 1. The summed E-state index contributed by atoms with van der Waals surface area (Å²) < 4.78 is 0. The second-order valence-electron chi connectivity index (χ2n) is 3.66. The van der Waals surface area contributed by atoms with E-state index in [0.29, 0.717) is 25.2 Å². The van der Waals surface area contributed by atoms with Crippen LogP contribution in [0.4, 0.5) is 0 Å². The van der Waals surface area contributed by atoms with Crippen molar-refractivity contribution in [2.75, 3.05) is 13.1 Å². The highest BCUT2D eigenvalue weighted by Crippen LogP contribution is 2.18. The molecule has 2 N–H and O–H groups in total. The number of aromatic nitrogens is 1. The van der Waals surface area contributed by atoms with E-state index in [4.69, 9.17) is 5.11 Å². The molecule has 0 saturated carbocycles. The van der Waals surface area contributed by atoms with E-state index in [1.165, 1.54) is 0 Å². The van der Waals surface area contributed by atoms with Gasteiger partial charge in [-0.15, -0.1) is 0 Å². The van der Waals surface area contributed by atoms with Gasteiger partial charge >= 0.3 is 5.97 Å². The number of amides is 1. The summed E-state index contributed by atoms with van der Waals surface area (Å²) in [6.45, 7) is 0.835. The normalized spacial score (nSPS) is 20.5. The fraction of sp³-hybridized carbons (Fsp3) is 0.400. The van der Waals surface area contributed by atoms with Gasteiger partial charge in [-0.3, -0.25) is 9.59 Å². The van der Waals surface area contributed by atoms with Crippen molar-refractivity contribution in [3.8, 4) is 0 Å². The number of rotatable bonds is 2. The third-order valence-corrected chi connectivity index (χ3v) is 2.65. The van der Waals surface area contributed by atoms with E-state index in [1.807, 2.05) is 0 Å². The highest BCUT2D eigenvalue weighted by molar-refractivity contribution is 5.93. The van der Waals surface area contributed by atoms with Crippen LogP contribution in [0.1, 0.15) is 16.9 Å². The van der Waals surface area contributed by atoms with Crippen molar-refractivity contribution in [1.82, 2.24) is 9.88 Å². The Labute approximate surface area is 86.7 Å². The molecule has 1 aliphatic rings. The van der Waals surface area contributed by atoms with Crippen molar-refractivity contribution in [3.05, 3.63) is 24.0 Å². The molecule has 0 aliphatic carbocycles. The highest BCUT2D eigenvalue weighted by atomic mass is 16.4. The number of aromatic amines is 1. The molecule has 2 heterocycles. The Morgan fingerprint density at radius 3 is 2.87 bits per heavy atom. The number of hydrogen-bond donors (Lipinski definition) is 2. The van der Waals surface area contributed by atoms with Gasteiger partial charge in [-0.25, -0.2) is 0 Å². The summed E-state index contributed by atoms with van der Waals surface area (Å²) in [5, 5.41) is 8.80. The van der Waals surface area contributed by atoms with Crippen molar-refractivity contribution in [2.24, 2.45) is 5.92 Å². The molecule has 1 atom stereocenters. The second kappa shape index (κ2) is 3.76. The Morgan fingerprint density at radius 1 is 1.53 bits per heavy atom. The summed E-state index contributed by atoms with van der Waals surface area (Å²) in [5.74, 6) is -1.36. The summed E-state index contributed by atoms with van der Waals surface area (Å²) in [5.41, 5.74) is 0.515. The van der Waals surface area contributed by atoms with Crippen LogP contribution in [0.5, 0.6) is 0 Å². The van der Waals surface area contributed by atoms with E-state index in [9.17, 15) is 9.59 Å². The summed E-state index contributed by atoms with van der Waals surface area (Å²) in [6.07, 6.45) is 2.22. The van der Waals surface area contributed by atoms with E-state index in [-0.39, 0.29) is 5.91 Å². The molecule has 1 aliphatic heterocycles. The molecule has 1 aromatic rings. The van der Waals surface area contributed by atoms with Crippen molar-refractivity contribution >= 4 is 11.9 Å². The first-order valence-corrected chi connectivity index (χ1v) is 4.84. The van der Waals surface area contributed by atoms with Crippen LogP contribution in [-0.2, 0) is 4.79 Å². The molecule has 1 unspecified atom stereocenters. The SMILES string of the molecule is O=C(O)C1CCN(C(=O)c2ccc[nH]2)C1. The van der Waals surface area contributed by atoms with Gasteiger partial charge in [0.15, 0.2) is 0 Å². The van der Waals surface area contributed by atoms with Crippen molar-refractivity contribution < 1.29 is 14.7 Å². The van der Waals surface area contributed by atoms with E-state index in [1.54, 1.807) is 23.2 Å². The number of nitrogens with zero attached hydrogens (tertiary/aromatic N) is 1. The van der Waals surface area contributed by atoms with Crippen molar-refractivity contribution in [3.63, 3.8) is 0 Å². The molecule has 1 fully saturated rings. The zero-order chi connectivity index (χ0) is 10.8. The Balaban J connectivity index is 2.02. The Bertz CT molecular complexity index is 372. The molecular formula is C10H12N2O3. The first-order chi connectivity index (χ1) is 7.18. The average Bonchev–Trinajstić information content (AvgIpc) is 2.88. The summed E-state index contributed by atoms with van der Waals surface area (Å²) >= 11 is 0. The zero-order valence-electron chi connectivity index (χ0n) is 8.14. The van der Waals surface area contributed by atoms with Gasteiger partial charge in [0, 0.05) is 19.3 Å². The van der Waals surface area contributed by atoms with Gasteiger partial charge in [0.05, 0.1) is 5.92 Å². The van der Waals surface area contributed by atoms with Gasteiger partial charge in [-0.1, -0.05) is 0 Å². The molecule has 80 valence electrons. The third kappa shape index (κ3) is 1.86. The van der Waals surface area contributed by atoms with E-state index < -0.39 is 11.9 Å². The van der Waals surface area contributed by atoms with E-state index in [2.05, 4.69) is 4.98 Å². The summed E-state index contributed by atoms with van der Waals surface area (Å²) in [4.78, 5) is 26.9. The first kappa shape index (κ1) is 9.76. The van der Waals surface area contributed by atoms with Gasteiger partial charge in [-0.2, -0.15) is 0 Å². The largest absolute Gasteiger partial charge is 0.481 e. The lowest BCUT2D eigenvalue weighted by Crippen LogP contribution is -2.30. The number of carboxylic acid groups (broad SMARTS) is 1. The summed E-state index contributed by atoms with van der Waals surface area (Å²) in [6, 6.07) is 3.44. The van der Waals surface area contributed by atoms with Gasteiger partial charge < -0.3 is 15.0 Å². The van der Waals surface area contributed by atoms with Crippen molar-refractivity contribution in [1.29, 1.82) is 0 Å². The number of carboxylic acids is 1. The molecule has 0 spiro atoms.